The van der Waals surface area contributed by atoms with Crippen LogP contribution in [0.25, 0.3) is 0 Å². The zero-order valence-electron chi connectivity index (χ0n) is 11.7. The van der Waals surface area contributed by atoms with Gasteiger partial charge in [0.15, 0.2) is 0 Å². The Kier molecular flexibility index (Phi) is 3.51. The first-order valence-corrected chi connectivity index (χ1v) is 7.07. The van der Waals surface area contributed by atoms with Gasteiger partial charge in [0.25, 0.3) is 0 Å². The zero-order chi connectivity index (χ0) is 12.6. The Morgan fingerprint density at radius 3 is 2.59 bits per heavy atom. The molecule has 2 heteroatoms. The summed E-state index contributed by atoms with van der Waals surface area (Å²) in [6, 6.07) is 0. The highest BCUT2D eigenvalue weighted by atomic mass is 16.5. The second kappa shape index (κ2) is 4.62. The highest BCUT2D eigenvalue weighted by molar-refractivity contribution is 5.76. The van der Waals surface area contributed by atoms with Gasteiger partial charge in [-0.1, -0.05) is 20.3 Å². The van der Waals surface area contributed by atoms with Crippen molar-refractivity contribution in [3.63, 3.8) is 0 Å². The minimum atomic E-state index is -0.222. The van der Waals surface area contributed by atoms with Crippen LogP contribution in [0.1, 0.15) is 52.9 Å². The average molecular weight is 238 g/mol. The van der Waals surface area contributed by atoms with Gasteiger partial charge in [-0.05, 0) is 56.3 Å². The monoisotopic (exact) mass is 238 g/mol. The Morgan fingerprint density at radius 2 is 1.94 bits per heavy atom. The Balaban J connectivity index is 2.25. The molecule has 0 amide bonds. The minimum absolute atomic E-state index is 0.0218. The summed E-state index contributed by atoms with van der Waals surface area (Å²) in [5.41, 5.74) is -0.222. The maximum atomic E-state index is 12.1. The molecule has 0 saturated heterocycles. The topological polar surface area (TPSA) is 26.3 Å². The van der Waals surface area contributed by atoms with Crippen LogP contribution in [0.3, 0.4) is 0 Å². The lowest BCUT2D eigenvalue weighted by molar-refractivity contribution is -0.163. The second-order valence-corrected chi connectivity index (χ2v) is 6.61. The van der Waals surface area contributed by atoms with Crippen molar-refractivity contribution in [3.8, 4) is 0 Å². The number of hydrogen-bond acceptors (Lipinski definition) is 2. The molecule has 2 nitrogen and oxygen atoms in total. The predicted molar refractivity (Wildman–Crippen MR) is 68.5 cm³/mol. The first-order valence-electron chi connectivity index (χ1n) is 7.07. The minimum Gasteiger partial charge on any atom is -0.469 e. The van der Waals surface area contributed by atoms with E-state index < -0.39 is 0 Å². The van der Waals surface area contributed by atoms with Crippen molar-refractivity contribution in [2.45, 2.75) is 52.9 Å². The van der Waals surface area contributed by atoms with E-state index in [4.69, 9.17) is 4.74 Å². The summed E-state index contributed by atoms with van der Waals surface area (Å²) in [6.07, 6.45) is 6.04. The SMILES string of the molecule is COC(=O)C1(C)CCC(C)C2CCC(C)CC21. The molecule has 0 spiro atoms. The summed E-state index contributed by atoms with van der Waals surface area (Å²) in [5, 5.41) is 0. The molecule has 0 heterocycles. The van der Waals surface area contributed by atoms with Crippen LogP contribution >= 0.6 is 0 Å². The number of carbonyl (C=O) groups is 1. The fourth-order valence-electron chi connectivity index (χ4n) is 4.23. The summed E-state index contributed by atoms with van der Waals surface area (Å²) >= 11 is 0. The molecule has 0 N–H and O–H groups in total. The first-order chi connectivity index (χ1) is 7.99. The molecule has 0 aromatic rings. The number of rotatable bonds is 1. The number of methoxy groups -OCH3 is 1. The van der Waals surface area contributed by atoms with Crippen LogP contribution in [0.4, 0.5) is 0 Å². The number of ether oxygens (including phenoxy) is 1. The molecule has 5 unspecified atom stereocenters. The van der Waals surface area contributed by atoms with Crippen molar-refractivity contribution in [3.05, 3.63) is 0 Å². The molecule has 2 fully saturated rings. The van der Waals surface area contributed by atoms with E-state index in [-0.39, 0.29) is 11.4 Å². The number of fused-ring (bicyclic) bond motifs is 1. The summed E-state index contributed by atoms with van der Waals surface area (Å²) < 4.78 is 5.07. The van der Waals surface area contributed by atoms with Gasteiger partial charge in [0.2, 0.25) is 0 Å². The van der Waals surface area contributed by atoms with Crippen LogP contribution in [-0.4, -0.2) is 13.1 Å². The second-order valence-electron chi connectivity index (χ2n) is 6.61. The lowest BCUT2D eigenvalue weighted by Crippen LogP contribution is -2.48. The molecule has 5 atom stereocenters. The fraction of sp³-hybridized carbons (Fsp3) is 0.933. The van der Waals surface area contributed by atoms with Gasteiger partial charge in [-0.15, -0.1) is 0 Å². The summed E-state index contributed by atoms with van der Waals surface area (Å²) in [5.74, 6) is 2.86. The van der Waals surface area contributed by atoms with E-state index in [9.17, 15) is 4.79 Å². The molecule has 98 valence electrons. The smallest absolute Gasteiger partial charge is 0.311 e. The van der Waals surface area contributed by atoms with E-state index in [0.29, 0.717) is 5.92 Å². The third-order valence-corrected chi connectivity index (χ3v) is 5.49. The van der Waals surface area contributed by atoms with Gasteiger partial charge in [-0.3, -0.25) is 4.79 Å². The maximum absolute atomic E-state index is 12.1. The fourth-order valence-corrected chi connectivity index (χ4v) is 4.23. The molecular weight excluding hydrogens is 212 g/mol. The molecular formula is C15H26O2. The Labute approximate surface area is 105 Å². The third-order valence-electron chi connectivity index (χ3n) is 5.49. The molecule has 0 aromatic carbocycles. The highest BCUT2D eigenvalue weighted by Gasteiger charge is 2.51. The van der Waals surface area contributed by atoms with Crippen molar-refractivity contribution in [1.29, 1.82) is 0 Å². The van der Waals surface area contributed by atoms with Crippen molar-refractivity contribution in [2.75, 3.05) is 7.11 Å². The summed E-state index contributed by atoms with van der Waals surface area (Å²) in [4.78, 5) is 12.1. The van der Waals surface area contributed by atoms with Gasteiger partial charge in [0.05, 0.1) is 12.5 Å². The Hall–Kier alpha value is -0.530. The van der Waals surface area contributed by atoms with Crippen LogP contribution < -0.4 is 0 Å². The van der Waals surface area contributed by atoms with Crippen molar-refractivity contribution < 1.29 is 9.53 Å². The van der Waals surface area contributed by atoms with Gasteiger partial charge in [0, 0.05) is 0 Å². The van der Waals surface area contributed by atoms with E-state index in [1.165, 1.54) is 32.8 Å². The molecule has 2 saturated carbocycles. The van der Waals surface area contributed by atoms with Gasteiger partial charge >= 0.3 is 5.97 Å². The molecule has 2 aliphatic rings. The number of carbonyl (C=O) groups excluding carboxylic acids is 1. The molecule has 0 aromatic heterocycles. The Bertz CT molecular complexity index is 299. The van der Waals surface area contributed by atoms with Crippen LogP contribution in [0.2, 0.25) is 0 Å². The van der Waals surface area contributed by atoms with Crippen LogP contribution in [0.5, 0.6) is 0 Å². The lowest BCUT2D eigenvalue weighted by Gasteiger charge is -2.50. The van der Waals surface area contributed by atoms with Gasteiger partial charge in [-0.25, -0.2) is 0 Å². The van der Waals surface area contributed by atoms with Crippen molar-refractivity contribution in [2.24, 2.45) is 29.1 Å². The van der Waals surface area contributed by atoms with E-state index in [2.05, 4.69) is 20.8 Å². The van der Waals surface area contributed by atoms with Gasteiger partial charge in [0.1, 0.15) is 0 Å². The number of hydrogen-bond donors (Lipinski definition) is 0. The van der Waals surface area contributed by atoms with Gasteiger partial charge in [-0.2, -0.15) is 0 Å². The first kappa shape index (κ1) is 12.9. The molecule has 0 radical (unpaired) electrons. The van der Waals surface area contributed by atoms with Crippen molar-refractivity contribution in [1.82, 2.24) is 0 Å². The summed E-state index contributed by atoms with van der Waals surface area (Å²) in [6.45, 7) is 6.83. The molecule has 2 rings (SSSR count). The molecule has 0 aliphatic heterocycles. The number of esters is 1. The van der Waals surface area contributed by atoms with E-state index >= 15 is 0 Å². The third kappa shape index (κ3) is 2.11. The molecule has 0 bridgehead atoms. The normalized spacial score (nSPS) is 46.1. The van der Waals surface area contributed by atoms with E-state index in [1.807, 2.05) is 0 Å². The molecule has 17 heavy (non-hydrogen) atoms. The standard InChI is InChI=1S/C15H26O2/c1-10-5-6-12-11(2)7-8-15(3,13(12)9-10)14(16)17-4/h10-13H,5-9H2,1-4H3. The Morgan fingerprint density at radius 1 is 1.24 bits per heavy atom. The van der Waals surface area contributed by atoms with Crippen LogP contribution in [0.15, 0.2) is 0 Å². The van der Waals surface area contributed by atoms with E-state index in [1.54, 1.807) is 0 Å². The van der Waals surface area contributed by atoms with Crippen molar-refractivity contribution >= 4 is 5.97 Å². The summed E-state index contributed by atoms with van der Waals surface area (Å²) in [7, 11) is 1.53. The highest BCUT2D eigenvalue weighted by Crippen LogP contribution is 2.54. The average Bonchev–Trinajstić information content (AvgIpc) is 2.33. The van der Waals surface area contributed by atoms with Crippen LogP contribution in [0, 0.1) is 29.1 Å². The quantitative estimate of drug-likeness (QED) is 0.652. The van der Waals surface area contributed by atoms with Crippen LogP contribution in [-0.2, 0) is 9.53 Å². The maximum Gasteiger partial charge on any atom is 0.311 e. The van der Waals surface area contributed by atoms with Gasteiger partial charge < -0.3 is 4.74 Å². The lowest BCUT2D eigenvalue weighted by atomic mass is 9.53. The molecule has 2 aliphatic carbocycles. The predicted octanol–water partition coefficient (Wildman–Crippen LogP) is 3.65. The van der Waals surface area contributed by atoms with E-state index in [0.717, 1.165) is 24.2 Å². The largest absolute Gasteiger partial charge is 0.469 e. The zero-order valence-corrected chi connectivity index (χ0v) is 11.7.